The quantitative estimate of drug-likeness (QED) is 0.116. The van der Waals surface area contributed by atoms with Crippen LogP contribution < -0.4 is 16.2 Å². The molecule has 1 aliphatic rings. The van der Waals surface area contributed by atoms with Crippen molar-refractivity contribution < 1.29 is 46.5 Å². The number of rotatable bonds is 12. The van der Waals surface area contributed by atoms with Crippen LogP contribution in [0.4, 0.5) is 24.5 Å². The van der Waals surface area contributed by atoms with Gasteiger partial charge >= 0.3 is 24.1 Å². The second kappa shape index (κ2) is 15.1. The Morgan fingerprint density at radius 2 is 1.51 bits per heavy atom. The summed E-state index contributed by atoms with van der Waals surface area (Å²) < 4.78 is 57.7. The van der Waals surface area contributed by atoms with E-state index in [2.05, 4.69) is 0 Å². The van der Waals surface area contributed by atoms with Crippen LogP contribution in [-0.4, -0.2) is 50.0 Å². The molecule has 0 aliphatic heterocycles. The first kappa shape index (κ1) is 31.5. The molecule has 41 heavy (non-hydrogen) atoms. The Kier molecular flexibility index (Phi) is 11.6. The van der Waals surface area contributed by atoms with E-state index in [1.165, 1.54) is 30.4 Å². The minimum absolute atomic E-state index is 0.0501. The first-order chi connectivity index (χ1) is 19.5. The van der Waals surface area contributed by atoms with Crippen LogP contribution in [0.2, 0.25) is 0 Å². The summed E-state index contributed by atoms with van der Waals surface area (Å²) in [7, 11) is 0. The van der Waals surface area contributed by atoms with Crippen molar-refractivity contribution in [3.05, 3.63) is 59.7 Å². The van der Waals surface area contributed by atoms with Crippen molar-refractivity contribution in [1.29, 1.82) is 0 Å². The van der Waals surface area contributed by atoms with Crippen LogP contribution in [0.25, 0.3) is 6.08 Å². The molecular formula is C29H33F3N2O7. The van der Waals surface area contributed by atoms with Crippen LogP contribution in [0.3, 0.4) is 0 Å². The molecule has 1 aliphatic carbocycles. The van der Waals surface area contributed by atoms with Gasteiger partial charge in [-0.2, -0.15) is 13.2 Å². The zero-order valence-electron chi connectivity index (χ0n) is 22.4. The summed E-state index contributed by atoms with van der Waals surface area (Å²) in [6.07, 6.45) is -0.268. The molecule has 2 aromatic rings. The molecule has 9 nitrogen and oxygen atoms in total. The van der Waals surface area contributed by atoms with E-state index in [9.17, 15) is 27.6 Å². The van der Waals surface area contributed by atoms with E-state index < -0.39 is 24.5 Å². The largest absolute Gasteiger partial charge is 0.459 e. The molecule has 0 heterocycles. The van der Waals surface area contributed by atoms with Crippen molar-refractivity contribution in [2.45, 2.75) is 50.8 Å². The monoisotopic (exact) mass is 578 g/mol. The van der Waals surface area contributed by atoms with Gasteiger partial charge in [0.25, 0.3) is 0 Å². The van der Waals surface area contributed by atoms with Crippen LogP contribution in [0.15, 0.2) is 48.5 Å². The lowest BCUT2D eigenvalue weighted by molar-refractivity contribution is -0.143. The number of anilines is 2. The van der Waals surface area contributed by atoms with Gasteiger partial charge in [0.1, 0.15) is 19.0 Å². The van der Waals surface area contributed by atoms with Gasteiger partial charge in [-0.3, -0.25) is 4.79 Å². The van der Waals surface area contributed by atoms with E-state index in [4.69, 9.17) is 30.4 Å². The molecule has 3 rings (SSSR count). The summed E-state index contributed by atoms with van der Waals surface area (Å²) in [5.74, 6) is -1.60. The number of benzene rings is 2. The number of carbonyl (C=O) groups excluding carboxylic acids is 3. The Balaban J connectivity index is 1.32. The van der Waals surface area contributed by atoms with Gasteiger partial charge in [-0.05, 0) is 74.1 Å². The van der Waals surface area contributed by atoms with Crippen LogP contribution in [0, 0.1) is 5.92 Å². The number of hydrogen-bond acceptors (Lipinski definition) is 9. The van der Waals surface area contributed by atoms with Gasteiger partial charge in [0.15, 0.2) is 0 Å². The summed E-state index contributed by atoms with van der Waals surface area (Å²) in [5, 5.41) is 0. The Hall–Kier alpha value is -4.06. The molecule has 12 heteroatoms. The summed E-state index contributed by atoms with van der Waals surface area (Å²) in [4.78, 5) is 36.5. The molecule has 222 valence electrons. The van der Waals surface area contributed by atoms with Gasteiger partial charge in [-0.1, -0.05) is 12.1 Å². The normalized spacial score (nSPS) is 17.2. The lowest BCUT2D eigenvalue weighted by atomic mass is 9.87. The smallest absolute Gasteiger partial charge is 0.389 e. The standard InChI is InChI=1S/C29H33F3N2O7/c30-29(31,32)12-1-13-38-24-9-5-20(6-10-24)28(37)41-25-7-2-19(3-8-25)4-11-26(35)39-14-15-40-27(36)21-16-22(33)18-23(34)17-21/h2-4,7-8,11,16-18,20,24H,1,5-6,9-10,12-15,33-34H2/b11-4+. The van der Waals surface area contributed by atoms with Crippen molar-refractivity contribution in [1.82, 2.24) is 0 Å². The van der Waals surface area contributed by atoms with E-state index in [-0.39, 0.29) is 49.8 Å². The maximum atomic E-state index is 12.5. The fourth-order valence-corrected chi connectivity index (χ4v) is 4.20. The topological polar surface area (TPSA) is 140 Å². The second-order valence-electron chi connectivity index (χ2n) is 9.58. The summed E-state index contributed by atoms with van der Waals surface area (Å²) in [5.41, 5.74) is 12.8. The van der Waals surface area contributed by atoms with Crippen LogP contribution in [0.5, 0.6) is 5.75 Å². The highest BCUT2D eigenvalue weighted by molar-refractivity contribution is 5.91. The van der Waals surface area contributed by atoms with Gasteiger partial charge in [-0.15, -0.1) is 0 Å². The Labute approximate surface area is 235 Å². The van der Waals surface area contributed by atoms with Crippen LogP contribution >= 0.6 is 0 Å². The summed E-state index contributed by atoms with van der Waals surface area (Å²) in [6.45, 7) is -0.244. The number of hydrogen-bond donors (Lipinski definition) is 2. The highest BCUT2D eigenvalue weighted by atomic mass is 19.4. The molecule has 2 aromatic carbocycles. The maximum Gasteiger partial charge on any atom is 0.389 e. The first-order valence-corrected chi connectivity index (χ1v) is 13.2. The first-order valence-electron chi connectivity index (χ1n) is 13.2. The Bertz CT molecular complexity index is 1190. The number of nitrogens with two attached hydrogens (primary N) is 2. The molecule has 0 saturated heterocycles. The van der Waals surface area contributed by atoms with Gasteiger partial charge in [0.2, 0.25) is 0 Å². The average Bonchev–Trinajstić information content (AvgIpc) is 2.92. The zero-order chi connectivity index (χ0) is 29.8. The Morgan fingerprint density at radius 3 is 2.15 bits per heavy atom. The number of halogens is 3. The lowest BCUT2D eigenvalue weighted by Gasteiger charge is -2.27. The minimum atomic E-state index is -4.18. The van der Waals surface area contributed by atoms with Gasteiger partial charge in [-0.25, -0.2) is 9.59 Å². The van der Waals surface area contributed by atoms with Crippen molar-refractivity contribution in [2.24, 2.45) is 5.92 Å². The van der Waals surface area contributed by atoms with Crippen molar-refractivity contribution in [3.8, 4) is 5.75 Å². The fourth-order valence-electron chi connectivity index (χ4n) is 4.20. The second-order valence-corrected chi connectivity index (χ2v) is 9.58. The number of nitrogen functional groups attached to an aromatic ring is 2. The predicted octanol–water partition coefficient (Wildman–Crippen LogP) is 5.09. The van der Waals surface area contributed by atoms with E-state index in [1.54, 1.807) is 24.3 Å². The van der Waals surface area contributed by atoms with E-state index >= 15 is 0 Å². The molecule has 0 aromatic heterocycles. The van der Waals surface area contributed by atoms with Crippen molar-refractivity contribution in [3.63, 3.8) is 0 Å². The molecule has 0 unspecified atom stereocenters. The molecule has 0 amide bonds. The molecule has 4 N–H and O–H groups in total. The third-order valence-electron chi connectivity index (χ3n) is 6.25. The number of esters is 3. The minimum Gasteiger partial charge on any atom is -0.459 e. The molecule has 0 atom stereocenters. The lowest BCUT2D eigenvalue weighted by Crippen LogP contribution is -2.29. The SMILES string of the molecule is Nc1cc(N)cc(C(=O)OCCOC(=O)/C=C/c2ccc(OC(=O)C3CCC(OCCCC(F)(F)F)CC3)cc2)c1. The van der Waals surface area contributed by atoms with Crippen LogP contribution in [-0.2, 0) is 23.8 Å². The average molecular weight is 579 g/mol. The fraction of sp³-hybridized carbons (Fsp3) is 0.414. The maximum absolute atomic E-state index is 12.5. The van der Waals surface area contributed by atoms with E-state index in [1.807, 2.05) is 0 Å². The zero-order valence-corrected chi connectivity index (χ0v) is 22.4. The van der Waals surface area contributed by atoms with Crippen molar-refractivity contribution in [2.75, 3.05) is 31.3 Å². The molecule has 0 bridgehead atoms. The predicted molar refractivity (Wildman–Crippen MR) is 145 cm³/mol. The molecule has 0 spiro atoms. The third-order valence-corrected chi connectivity index (χ3v) is 6.25. The number of carbonyl (C=O) groups is 3. The van der Waals surface area contributed by atoms with Gasteiger partial charge < -0.3 is 30.4 Å². The number of ether oxygens (including phenoxy) is 4. The highest BCUT2D eigenvalue weighted by Gasteiger charge is 2.29. The molecular weight excluding hydrogens is 545 g/mol. The molecule has 1 fully saturated rings. The molecule has 0 radical (unpaired) electrons. The Morgan fingerprint density at radius 1 is 0.878 bits per heavy atom. The summed E-state index contributed by atoms with van der Waals surface area (Å²) in [6, 6.07) is 10.9. The highest BCUT2D eigenvalue weighted by Crippen LogP contribution is 2.29. The third kappa shape index (κ3) is 11.5. The van der Waals surface area contributed by atoms with Gasteiger partial charge in [0, 0.05) is 30.5 Å². The van der Waals surface area contributed by atoms with Crippen molar-refractivity contribution >= 4 is 35.4 Å². The van der Waals surface area contributed by atoms with E-state index in [0.29, 0.717) is 48.4 Å². The molecule has 1 saturated carbocycles. The van der Waals surface area contributed by atoms with Gasteiger partial charge in [0.05, 0.1) is 17.6 Å². The number of alkyl halides is 3. The van der Waals surface area contributed by atoms with E-state index in [0.717, 1.165) is 0 Å². The summed E-state index contributed by atoms with van der Waals surface area (Å²) >= 11 is 0. The van der Waals surface area contributed by atoms with Crippen LogP contribution in [0.1, 0.15) is 54.4 Å².